The fourth-order valence-corrected chi connectivity index (χ4v) is 1.85. The highest BCUT2D eigenvalue weighted by atomic mass is 19.4. The van der Waals surface area contributed by atoms with E-state index in [4.69, 9.17) is 0 Å². The van der Waals surface area contributed by atoms with Gasteiger partial charge in [-0.25, -0.2) is 0 Å². The van der Waals surface area contributed by atoms with Crippen LogP contribution in [0, 0.1) is 0 Å². The lowest BCUT2D eigenvalue weighted by molar-refractivity contribution is -0.137. The van der Waals surface area contributed by atoms with Crippen LogP contribution < -0.4 is 4.74 Å². The van der Waals surface area contributed by atoms with Crippen molar-refractivity contribution in [1.29, 1.82) is 0 Å². The van der Waals surface area contributed by atoms with Gasteiger partial charge in [0.05, 0.1) is 5.56 Å². The predicted octanol–water partition coefficient (Wildman–Crippen LogP) is 4.97. The van der Waals surface area contributed by atoms with Crippen molar-refractivity contribution >= 4 is 0 Å². The molecule has 2 aromatic rings. The second-order valence-electron chi connectivity index (χ2n) is 3.92. The molecular weight excluding hydrogens is 279 g/mol. The Morgan fingerprint density at radius 2 is 1.35 bits per heavy atom. The highest BCUT2D eigenvalue weighted by Gasteiger charge is 2.33. The van der Waals surface area contributed by atoms with Crippen LogP contribution in [0.15, 0.2) is 48.5 Å². The third-order valence-electron chi connectivity index (χ3n) is 2.63. The molecule has 0 bridgehead atoms. The highest BCUT2D eigenvalue weighted by molar-refractivity contribution is 5.73. The molecule has 0 aromatic heterocycles. The standard InChI is InChI=1S/C14H9F5O/c15-13(16)20-12-8-4-2-6-10(12)9-5-1-3-7-11(9)14(17,18)19/h1-8,13H. The first-order chi connectivity index (χ1) is 9.39. The molecule has 0 saturated heterocycles. The zero-order valence-corrected chi connectivity index (χ0v) is 9.99. The van der Waals surface area contributed by atoms with Crippen LogP contribution in [0.3, 0.4) is 0 Å². The molecule has 2 aromatic carbocycles. The average molecular weight is 288 g/mol. The quantitative estimate of drug-likeness (QED) is 0.724. The third-order valence-corrected chi connectivity index (χ3v) is 2.63. The number of halogens is 5. The second-order valence-corrected chi connectivity index (χ2v) is 3.92. The molecule has 0 amide bonds. The van der Waals surface area contributed by atoms with Gasteiger partial charge in [0.25, 0.3) is 0 Å². The summed E-state index contributed by atoms with van der Waals surface area (Å²) in [5.41, 5.74) is -1.12. The minimum Gasteiger partial charge on any atom is -0.434 e. The Balaban J connectivity index is 2.58. The van der Waals surface area contributed by atoms with Crippen LogP contribution in [0.4, 0.5) is 22.0 Å². The zero-order chi connectivity index (χ0) is 14.8. The first-order valence-electron chi connectivity index (χ1n) is 5.60. The molecule has 0 saturated carbocycles. The normalized spacial score (nSPS) is 11.7. The summed E-state index contributed by atoms with van der Waals surface area (Å²) in [6.07, 6.45) is -4.57. The predicted molar refractivity (Wildman–Crippen MR) is 63.5 cm³/mol. The Hall–Kier alpha value is -2.11. The van der Waals surface area contributed by atoms with E-state index in [9.17, 15) is 22.0 Å². The molecule has 0 radical (unpaired) electrons. The van der Waals surface area contributed by atoms with Crippen LogP contribution >= 0.6 is 0 Å². The fourth-order valence-electron chi connectivity index (χ4n) is 1.85. The van der Waals surface area contributed by atoms with Crippen LogP contribution in [0.1, 0.15) is 5.56 Å². The van der Waals surface area contributed by atoms with E-state index < -0.39 is 18.4 Å². The Morgan fingerprint density at radius 3 is 1.95 bits per heavy atom. The van der Waals surface area contributed by atoms with Gasteiger partial charge in [0, 0.05) is 5.56 Å². The largest absolute Gasteiger partial charge is 0.434 e. The molecule has 6 heteroatoms. The molecule has 2 rings (SSSR count). The van der Waals surface area contributed by atoms with Gasteiger partial charge < -0.3 is 4.74 Å². The van der Waals surface area contributed by atoms with E-state index in [1.54, 1.807) is 0 Å². The summed E-state index contributed by atoms with van der Waals surface area (Å²) in [6.45, 7) is -3.10. The smallest absolute Gasteiger partial charge is 0.417 e. The summed E-state index contributed by atoms with van der Waals surface area (Å²) in [5.74, 6) is -0.292. The van der Waals surface area contributed by atoms with Crippen LogP contribution in [0.5, 0.6) is 5.75 Å². The van der Waals surface area contributed by atoms with E-state index >= 15 is 0 Å². The molecule has 0 spiro atoms. The van der Waals surface area contributed by atoms with Gasteiger partial charge in [-0.05, 0) is 17.7 Å². The van der Waals surface area contributed by atoms with E-state index in [1.165, 1.54) is 42.5 Å². The van der Waals surface area contributed by atoms with E-state index in [0.29, 0.717) is 0 Å². The van der Waals surface area contributed by atoms with E-state index in [2.05, 4.69) is 4.74 Å². The van der Waals surface area contributed by atoms with Gasteiger partial charge in [0.2, 0.25) is 0 Å². The highest BCUT2D eigenvalue weighted by Crippen LogP contribution is 2.40. The Labute approximate surface area is 111 Å². The maximum Gasteiger partial charge on any atom is 0.417 e. The number of hydrogen-bond acceptors (Lipinski definition) is 1. The molecule has 0 unspecified atom stereocenters. The van der Waals surface area contributed by atoms with Crippen molar-refractivity contribution in [3.05, 3.63) is 54.1 Å². The van der Waals surface area contributed by atoms with Crippen LogP contribution in [-0.4, -0.2) is 6.61 Å². The molecule has 0 aliphatic carbocycles. The van der Waals surface area contributed by atoms with Gasteiger partial charge in [-0.15, -0.1) is 0 Å². The molecule has 0 heterocycles. The van der Waals surface area contributed by atoms with Gasteiger partial charge in [0.1, 0.15) is 5.75 Å². The molecule has 20 heavy (non-hydrogen) atoms. The van der Waals surface area contributed by atoms with E-state index in [1.807, 2.05) is 0 Å². The first kappa shape index (κ1) is 14.3. The van der Waals surface area contributed by atoms with Gasteiger partial charge in [-0.1, -0.05) is 36.4 Å². The van der Waals surface area contributed by atoms with Gasteiger partial charge >= 0.3 is 12.8 Å². The maximum absolute atomic E-state index is 12.9. The van der Waals surface area contributed by atoms with Crippen molar-refractivity contribution in [3.8, 4) is 16.9 Å². The zero-order valence-electron chi connectivity index (χ0n) is 9.99. The minimum atomic E-state index is -4.57. The minimum absolute atomic E-state index is 0.0271. The van der Waals surface area contributed by atoms with Gasteiger partial charge in [-0.2, -0.15) is 22.0 Å². The number of rotatable bonds is 3. The molecule has 0 N–H and O–H groups in total. The SMILES string of the molecule is FC(F)Oc1ccccc1-c1ccccc1C(F)(F)F. The van der Waals surface area contributed by atoms with Crippen LogP contribution in [0.2, 0.25) is 0 Å². The first-order valence-corrected chi connectivity index (χ1v) is 5.60. The molecule has 106 valence electrons. The number of alkyl halides is 5. The Bertz CT molecular complexity index is 592. The van der Waals surface area contributed by atoms with Crippen molar-refractivity contribution < 1.29 is 26.7 Å². The second kappa shape index (κ2) is 5.48. The number of hydrogen-bond donors (Lipinski definition) is 0. The lowest BCUT2D eigenvalue weighted by atomic mass is 9.98. The van der Waals surface area contributed by atoms with Crippen LogP contribution in [0.25, 0.3) is 11.1 Å². The van der Waals surface area contributed by atoms with Crippen molar-refractivity contribution in [2.75, 3.05) is 0 Å². The third kappa shape index (κ3) is 3.07. The maximum atomic E-state index is 12.9. The Morgan fingerprint density at radius 1 is 0.800 bits per heavy atom. The van der Waals surface area contributed by atoms with Gasteiger partial charge in [0.15, 0.2) is 0 Å². The van der Waals surface area contributed by atoms with Gasteiger partial charge in [-0.3, -0.25) is 0 Å². The lowest BCUT2D eigenvalue weighted by Gasteiger charge is -2.15. The summed E-state index contributed by atoms with van der Waals surface area (Å²) in [4.78, 5) is 0. The topological polar surface area (TPSA) is 9.23 Å². The fraction of sp³-hybridized carbons (Fsp3) is 0.143. The summed E-state index contributed by atoms with van der Waals surface area (Å²) in [7, 11) is 0. The van der Waals surface area contributed by atoms with E-state index in [-0.39, 0.29) is 16.9 Å². The molecule has 0 atom stereocenters. The molecule has 0 aliphatic rings. The molecule has 1 nitrogen and oxygen atoms in total. The van der Waals surface area contributed by atoms with Crippen molar-refractivity contribution in [3.63, 3.8) is 0 Å². The summed E-state index contributed by atoms with van der Waals surface area (Å²) in [6, 6.07) is 10.1. The molecule has 0 aliphatic heterocycles. The monoisotopic (exact) mass is 288 g/mol. The average Bonchev–Trinajstić information content (AvgIpc) is 2.38. The summed E-state index contributed by atoms with van der Waals surface area (Å²) < 4.78 is 67.7. The number of para-hydroxylation sites is 1. The Kier molecular flexibility index (Phi) is 3.92. The number of benzene rings is 2. The number of ether oxygens (including phenoxy) is 1. The summed E-state index contributed by atoms with van der Waals surface area (Å²) >= 11 is 0. The molecule has 0 fully saturated rings. The van der Waals surface area contributed by atoms with Crippen molar-refractivity contribution in [2.24, 2.45) is 0 Å². The summed E-state index contributed by atoms with van der Waals surface area (Å²) in [5, 5.41) is 0. The van der Waals surface area contributed by atoms with E-state index in [0.717, 1.165) is 6.07 Å². The van der Waals surface area contributed by atoms with Crippen molar-refractivity contribution in [1.82, 2.24) is 0 Å². The van der Waals surface area contributed by atoms with Crippen molar-refractivity contribution in [2.45, 2.75) is 12.8 Å². The van der Waals surface area contributed by atoms with Crippen LogP contribution in [-0.2, 0) is 6.18 Å². The molecular formula is C14H9F5O. The lowest BCUT2D eigenvalue weighted by Crippen LogP contribution is -2.08.